The first-order valence-corrected chi connectivity index (χ1v) is 9.03. The van der Waals surface area contributed by atoms with Crippen molar-refractivity contribution in [3.63, 3.8) is 0 Å². The van der Waals surface area contributed by atoms with Crippen LogP contribution in [0, 0.1) is 10.1 Å². The maximum absolute atomic E-state index is 10.9. The molecule has 0 atom stereocenters. The lowest BCUT2D eigenvalue weighted by atomic mass is 10.1. The number of halogens is 2. The Labute approximate surface area is 163 Å². The number of hydrogen-bond donors (Lipinski definition) is 1. The van der Waals surface area contributed by atoms with Crippen LogP contribution in [-0.2, 0) is 0 Å². The highest BCUT2D eigenvalue weighted by molar-refractivity contribution is 7.14. The lowest BCUT2D eigenvalue weighted by Gasteiger charge is -2.02. The molecule has 0 bridgehead atoms. The number of anilines is 1. The normalized spacial score (nSPS) is 11.4. The molecular formula is C17H12Cl2N4O2S. The number of nitro benzene ring substituents is 1. The summed E-state index contributed by atoms with van der Waals surface area (Å²) in [6.07, 6.45) is 0. The number of rotatable bonds is 5. The van der Waals surface area contributed by atoms with Crippen LogP contribution in [0.15, 0.2) is 52.9 Å². The van der Waals surface area contributed by atoms with Crippen LogP contribution < -0.4 is 5.43 Å². The van der Waals surface area contributed by atoms with E-state index in [4.69, 9.17) is 23.2 Å². The van der Waals surface area contributed by atoms with Crippen LogP contribution >= 0.6 is 34.5 Å². The van der Waals surface area contributed by atoms with Crippen molar-refractivity contribution in [2.24, 2.45) is 5.10 Å². The molecule has 0 amide bonds. The molecule has 0 fully saturated rings. The number of nitro groups is 1. The number of hydrogen-bond acceptors (Lipinski definition) is 6. The summed E-state index contributed by atoms with van der Waals surface area (Å²) < 4.78 is 0. The molecule has 0 aliphatic rings. The summed E-state index contributed by atoms with van der Waals surface area (Å²) in [5, 5.41) is 18.6. The van der Waals surface area contributed by atoms with E-state index in [1.165, 1.54) is 23.5 Å². The molecule has 3 rings (SSSR count). The van der Waals surface area contributed by atoms with E-state index in [9.17, 15) is 10.1 Å². The smallest absolute Gasteiger partial charge is 0.258 e. The molecule has 0 aliphatic carbocycles. The lowest BCUT2D eigenvalue weighted by Crippen LogP contribution is -2.00. The van der Waals surface area contributed by atoms with Gasteiger partial charge in [-0.15, -0.1) is 11.3 Å². The van der Waals surface area contributed by atoms with E-state index in [0.29, 0.717) is 32.1 Å². The van der Waals surface area contributed by atoms with E-state index < -0.39 is 4.92 Å². The van der Waals surface area contributed by atoms with Crippen LogP contribution in [0.5, 0.6) is 0 Å². The molecule has 0 spiro atoms. The van der Waals surface area contributed by atoms with Crippen LogP contribution in [0.3, 0.4) is 0 Å². The molecule has 9 heteroatoms. The van der Waals surface area contributed by atoms with Gasteiger partial charge in [0.2, 0.25) is 5.13 Å². The predicted octanol–water partition coefficient (Wildman–Crippen LogP) is 5.86. The van der Waals surface area contributed by atoms with Crippen molar-refractivity contribution in [3.8, 4) is 11.3 Å². The highest BCUT2D eigenvalue weighted by atomic mass is 35.5. The van der Waals surface area contributed by atoms with E-state index in [0.717, 1.165) is 5.56 Å². The SMILES string of the molecule is CC(=NNc1nc(-c2ccc(Cl)cc2Cl)cs1)c1cccc([N+](=O)[O-])c1. The third kappa shape index (κ3) is 4.19. The topological polar surface area (TPSA) is 80.4 Å². The lowest BCUT2D eigenvalue weighted by molar-refractivity contribution is -0.384. The zero-order chi connectivity index (χ0) is 18.7. The monoisotopic (exact) mass is 406 g/mol. The van der Waals surface area contributed by atoms with E-state index in [1.54, 1.807) is 37.3 Å². The number of non-ortho nitro benzene ring substituents is 1. The minimum absolute atomic E-state index is 0.0194. The number of hydrazone groups is 1. The molecule has 0 aliphatic heterocycles. The summed E-state index contributed by atoms with van der Waals surface area (Å²) >= 11 is 13.5. The zero-order valence-corrected chi connectivity index (χ0v) is 15.8. The van der Waals surface area contributed by atoms with Crippen molar-refractivity contribution < 1.29 is 4.92 Å². The summed E-state index contributed by atoms with van der Waals surface area (Å²) in [5.74, 6) is 0. The summed E-state index contributed by atoms with van der Waals surface area (Å²) in [6.45, 7) is 1.76. The van der Waals surface area contributed by atoms with Crippen molar-refractivity contribution >= 4 is 51.1 Å². The molecule has 132 valence electrons. The third-order valence-electron chi connectivity index (χ3n) is 3.51. The quantitative estimate of drug-likeness (QED) is 0.326. The number of aromatic nitrogens is 1. The number of benzene rings is 2. The summed E-state index contributed by atoms with van der Waals surface area (Å²) in [7, 11) is 0. The highest BCUT2D eigenvalue weighted by Crippen LogP contribution is 2.32. The van der Waals surface area contributed by atoms with Crippen LogP contribution in [0.2, 0.25) is 10.0 Å². The van der Waals surface area contributed by atoms with Crippen LogP contribution in [0.4, 0.5) is 10.8 Å². The van der Waals surface area contributed by atoms with Gasteiger partial charge in [0, 0.05) is 33.7 Å². The Morgan fingerprint density at radius 3 is 2.81 bits per heavy atom. The van der Waals surface area contributed by atoms with Gasteiger partial charge in [0.05, 0.1) is 21.4 Å². The van der Waals surface area contributed by atoms with Crippen LogP contribution in [0.25, 0.3) is 11.3 Å². The fourth-order valence-corrected chi connectivity index (χ4v) is 3.34. The Kier molecular flexibility index (Phi) is 5.51. The molecular weight excluding hydrogens is 395 g/mol. The molecule has 6 nitrogen and oxygen atoms in total. The standard InChI is InChI=1S/C17H12Cl2N4O2S/c1-10(11-3-2-4-13(7-11)23(24)25)21-22-17-20-16(9-26-17)14-6-5-12(18)8-15(14)19/h2-9H,1H3,(H,20,22). The number of nitrogens with one attached hydrogen (secondary N) is 1. The van der Waals surface area contributed by atoms with Gasteiger partial charge in [0.15, 0.2) is 0 Å². The second-order valence-corrected chi connectivity index (χ2v) is 6.98. The number of nitrogens with zero attached hydrogens (tertiary/aromatic N) is 3. The van der Waals surface area contributed by atoms with Gasteiger partial charge < -0.3 is 0 Å². The fourth-order valence-electron chi connectivity index (χ4n) is 2.19. The second kappa shape index (κ2) is 7.82. The Morgan fingerprint density at radius 2 is 2.08 bits per heavy atom. The molecule has 0 radical (unpaired) electrons. The third-order valence-corrected chi connectivity index (χ3v) is 4.80. The average molecular weight is 407 g/mol. The molecule has 3 aromatic rings. The number of thiazole rings is 1. The molecule has 1 heterocycles. The van der Waals surface area contributed by atoms with E-state index >= 15 is 0 Å². The van der Waals surface area contributed by atoms with Crippen molar-refractivity contribution in [1.29, 1.82) is 0 Å². The maximum atomic E-state index is 10.9. The van der Waals surface area contributed by atoms with Gasteiger partial charge in [-0.1, -0.05) is 35.3 Å². The Morgan fingerprint density at radius 1 is 1.27 bits per heavy atom. The minimum Gasteiger partial charge on any atom is -0.258 e. The predicted molar refractivity (Wildman–Crippen MR) is 107 cm³/mol. The summed E-state index contributed by atoms with van der Waals surface area (Å²) in [6, 6.07) is 11.5. The van der Waals surface area contributed by atoms with E-state index in [-0.39, 0.29) is 5.69 Å². The van der Waals surface area contributed by atoms with Crippen molar-refractivity contribution in [2.45, 2.75) is 6.92 Å². The van der Waals surface area contributed by atoms with Crippen LogP contribution in [0.1, 0.15) is 12.5 Å². The molecule has 0 saturated carbocycles. The van der Waals surface area contributed by atoms with Gasteiger partial charge in [-0.25, -0.2) is 4.98 Å². The largest absolute Gasteiger partial charge is 0.270 e. The zero-order valence-electron chi connectivity index (χ0n) is 13.4. The molecule has 0 saturated heterocycles. The maximum Gasteiger partial charge on any atom is 0.270 e. The Balaban J connectivity index is 1.78. The summed E-state index contributed by atoms with van der Waals surface area (Å²) in [5.41, 5.74) is 5.64. The minimum atomic E-state index is -0.437. The molecule has 26 heavy (non-hydrogen) atoms. The molecule has 1 N–H and O–H groups in total. The van der Waals surface area contributed by atoms with E-state index in [1.807, 2.05) is 5.38 Å². The first kappa shape index (κ1) is 18.3. The molecule has 1 aromatic heterocycles. The first-order valence-electron chi connectivity index (χ1n) is 7.40. The van der Waals surface area contributed by atoms with Crippen molar-refractivity contribution in [3.05, 3.63) is 73.6 Å². The Bertz CT molecular complexity index is 1000. The first-order chi connectivity index (χ1) is 12.4. The van der Waals surface area contributed by atoms with Gasteiger partial charge in [-0.2, -0.15) is 5.10 Å². The van der Waals surface area contributed by atoms with Gasteiger partial charge in [0.25, 0.3) is 5.69 Å². The Hall–Kier alpha value is -2.48. The van der Waals surface area contributed by atoms with Gasteiger partial charge in [-0.05, 0) is 25.1 Å². The van der Waals surface area contributed by atoms with E-state index in [2.05, 4.69) is 15.5 Å². The highest BCUT2D eigenvalue weighted by Gasteiger charge is 2.10. The molecule has 2 aromatic carbocycles. The van der Waals surface area contributed by atoms with Gasteiger partial charge in [-0.3, -0.25) is 15.5 Å². The van der Waals surface area contributed by atoms with Crippen molar-refractivity contribution in [1.82, 2.24) is 4.98 Å². The summed E-state index contributed by atoms with van der Waals surface area (Å²) in [4.78, 5) is 14.9. The van der Waals surface area contributed by atoms with Gasteiger partial charge >= 0.3 is 0 Å². The average Bonchev–Trinajstić information content (AvgIpc) is 3.08. The molecule has 0 unspecified atom stereocenters. The van der Waals surface area contributed by atoms with Gasteiger partial charge in [0.1, 0.15) is 0 Å². The second-order valence-electron chi connectivity index (χ2n) is 5.28. The van der Waals surface area contributed by atoms with Crippen LogP contribution in [-0.4, -0.2) is 15.6 Å². The fraction of sp³-hybridized carbons (Fsp3) is 0.0588. The van der Waals surface area contributed by atoms with Crippen molar-refractivity contribution in [2.75, 3.05) is 5.43 Å².